The summed E-state index contributed by atoms with van der Waals surface area (Å²) in [4.78, 5) is 19.6. The number of piperidine rings is 1. The summed E-state index contributed by atoms with van der Waals surface area (Å²) < 4.78 is 8.10. The Morgan fingerprint density at radius 3 is 2.66 bits per heavy atom. The Morgan fingerprint density at radius 1 is 1.00 bits per heavy atom. The Bertz CT molecular complexity index is 1020. The van der Waals surface area contributed by atoms with Gasteiger partial charge in [0.25, 0.3) is 5.91 Å². The second-order valence-corrected chi connectivity index (χ2v) is 7.79. The Hall–Kier alpha value is -2.86. The van der Waals surface area contributed by atoms with E-state index in [0.29, 0.717) is 18.7 Å². The van der Waals surface area contributed by atoms with Crippen LogP contribution in [0.3, 0.4) is 0 Å². The number of ether oxygens (including phenoxy) is 1. The number of carbonyl (C=O) groups is 1. The molecular weight excluding hydrogens is 364 g/mol. The minimum absolute atomic E-state index is 0.0294. The van der Waals surface area contributed by atoms with Crippen molar-refractivity contribution in [1.29, 1.82) is 0 Å². The van der Waals surface area contributed by atoms with Gasteiger partial charge in [0, 0.05) is 25.2 Å². The molecule has 0 aliphatic carbocycles. The molecular formula is C23H26N4O2. The van der Waals surface area contributed by atoms with E-state index in [2.05, 4.69) is 26.9 Å². The number of para-hydroxylation sites is 1. The van der Waals surface area contributed by atoms with Gasteiger partial charge in [-0.3, -0.25) is 9.69 Å². The first-order valence-corrected chi connectivity index (χ1v) is 10.5. The third-order valence-corrected chi connectivity index (χ3v) is 5.87. The molecule has 5 rings (SSSR count). The van der Waals surface area contributed by atoms with Crippen molar-refractivity contribution < 1.29 is 9.53 Å². The number of hydrogen-bond donors (Lipinski definition) is 1. The molecule has 6 heteroatoms. The van der Waals surface area contributed by atoms with E-state index in [1.807, 2.05) is 30.3 Å². The summed E-state index contributed by atoms with van der Waals surface area (Å²) in [5.41, 5.74) is 3.50. The molecule has 0 saturated carbocycles. The topological polar surface area (TPSA) is 59.4 Å². The van der Waals surface area contributed by atoms with Crippen LogP contribution in [-0.2, 0) is 6.54 Å². The quantitative estimate of drug-likeness (QED) is 0.726. The van der Waals surface area contributed by atoms with Crippen LogP contribution in [0, 0.1) is 0 Å². The van der Waals surface area contributed by atoms with Crippen molar-refractivity contribution >= 4 is 16.9 Å². The van der Waals surface area contributed by atoms with Crippen LogP contribution >= 0.6 is 0 Å². The number of imidazole rings is 1. The first-order valence-electron chi connectivity index (χ1n) is 10.5. The Morgan fingerprint density at radius 2 is 1.83 bits per heavy atom. The number of aromatic nitrogens is 2. The molecule has 3 aromatic rings. The average molecular weight is 390 g/mol. The first-order chi connectivity index (χ1) is 14.3. The summed E-state index contributed by atoms with van der Waals surface area (Å²) in [6.07, 6.45) is 3.96. The number of nitrogens with zero attached hydrogens (tertiary/aromatic N) is 3. The van der Waals surface area contributed by atoms with Crippen molar-refractivity contribution in [3.05, 3.63) is 48.0 Å². The molecule has 0 atom stereocenters. The van der Waals surface area contributed by atoms with Gasteiger partial charge in [-0.1, -0.05) is 12.5 Å². The molecule has 150 valence electrons. The molecule has 3 heterocycles. The standard InChI is InChI=1S/C23H26N4O2/c28-23-19-5-4-6-20-21(19)27(14-11-24-23)22(25-20)17-7-9-18(10-8-17)29-16-15-26-12-2-1-3-13-26/h4-10H,1-3,11-16H2,(H,24,28). The predicted octanol–water partition coefficient (Wildman–Crippen LogP) is 3.31. The molecule has 0 radical (unpaired) electrons. The number of amides is 1. The normalized spacial score (nSPS) is 17.2. The highest BCUT2D eigenvalue weighted by Gasteiger charge is 2.21. The third-order valence-electron chi connectivity index (χ3n) is 5.87. The minimum Gasteiger partial charge on any atom is -0.492 e. The zero-order valence-corrected chi connectivity index (χ0v) is 16.6. The second-order valence-electron chi connectivity index (χ2n) is 7.79. The van der Waals surface area contributed by atoms with Gasteiger partial charge in [-0.05, 0) is 62.3 Å². The number of hydrogen-bond acceptors (Lipinski definition) is 4. The van der Waals surface area contributed by atoms with E-state index in [-0.39, 0.29) is 5.91 Å². The number of nitrogens with one attached hydrogen (secondary N) is 1. The van der Waals surface area contributed by atoms with Gasteiger partial charge in [0.1, 0.15) is 18.2 Å². The smallest absolute Gasteiger partial charge is 0.253 e. The molecule has 0 spiro atoms. The van der Waals surface area contributed by atoms with Crippen LogP contribution in [0.4, 0.5) is 0 Å². The van der Waals surface area contributed by atoms with Crippen molar-refractivity contribution in [1.82, 2.24) is 19.8 Å². The Balaban J connectivity index is 1.35. The van der Waals surface area contributed by atoms with Crippen LogP contribution in [-0.4, -0.2) is 53.1 Å². The van der Waals surface area contributed by atoms with Gasteiger partial charge in [-0.15, -0.1) is 0 Å². The zero-order chi connectivity index (χ0) is 19.6. The van der Waals surface area contributed by atoms with Crippen molar-refractivity contribution in [2.75, 3.05) is 32.8 Å². The van der Waals surface area contributed by atoms with Gasteiger partial charge in [0.05, 0.1) is 16.6 Å². The third kappa shape index (κ3) is 3.60. The molecule has 1 saturated heterocycles. The van der Waals surface area contributed by atoms with Gasteiger partial charge in [0.15, 0.2) is 0 Å². The monoisotopic (exact) mass is 390 g/mol. The zero-order valence-electron chi connectivity index (χ0n) is 16.6. The second kappa shape index (κ2) is 7.87. The highest BCUT2D eigenvalue weighted by Crippen LogP contribution is 2.29. The average Bonchev–Trinajstić information content (AvgIpc) is 3.04. The molecule has 0 unspecified atom stereocenters. The van der Waals surface area contributed by atoms with Gasteiger partial charge >= 0.3 is 0 Å². The predicted molar refractivity (Wildman–Crippen MR) is 113 cm³/mol. The fourth-order valence-electron chi connectivity index (χ4n) is 4.36. The maximum Gasteiger partial charge on any atom is 0.253 e. The summed E-state index contributed by atoms with van der Waals surface area (Å²) in [6.45, 7) is 5.40. The molecule has 29 heavy (non-hydrogen) atoms. The molecule has 1 amide bonds. The van der Waals surface area contributed by atoms with Crippen LogP contribution in [0.2, 0.25) is 0 Å². The fourth-order valence-corrected chi connectivity index (χ4v) is 4.36. The minimum atomic E-state index is -0.0294. The summed E-state index contributed by atoms with van der Waals surface area (Å²) in [6, 6.07) is 13.9. The van der Waals surface area contributed by atoms with Gasteiger partial charge in [-0.25, -0.2) is 4.98 Å². The number of likely N-dealkylation sites (tertiary alicyclic amines) is 1. The highest BCUT2D eigenvalue weighted by atomic mass is 16.5. The molecule has 2 aliphatic rings. The SMILES string of the molecule is O=C1NCCn2c(-c3ccc(OCCN4CCCCC4)cc3)nc3cccc1c32. The maximum absolute atomic E-state index is 12.3. The lowest BCUT2D eigenvalue weighted by Gasteiger charge is -2.26. The number of carbonyl (C=O) groups excluding carboxylic acids is 1. The van der Waals surface area contributed by atoms with E-state index in [9.17, 15) is 4.79 Å². The van der Waals surface area contributed by atoms with Gasteiger partial charge in [-0.2, -0.15) is 0 Å². The van der Waals surface area contributed by atoms with E-state index < -0.39 is 0 Å². The van der Waals surface area contributed by atoms with E-state index >= 15 is 0 Å². The lowest BCUT2D eigenvalue weighted by Crippen LogP contribution is -2.33. The van der Waals surface area contributed by atoms with Crippen molar-refractivity contribution in [2.24, 2.45) is 0 Å². The van der Waals surface area contributed by atoms with Crippen LogP contribution in [0.25, 0.3) is 22.4 Å². The van der Waals surface area contributed by atoms with Gasteiger partial charge < -0.3 is 14.6 Å². The maximum atomic E-state index is 12.3. The molecule has 1 N–H and O–H groups in total. The summed E-state index contributed by atoms with van der Waals surface area (Å²) in [5, 5.41) is 2.96. The Kier molecular flexibility index (Phi) is 4.94. The van der Waals surface area contributed by atoms with Crippen LogP contribution < -0.4 is 10.1 Å². The summed E-state index contributed by atoms with van der Waals surface area (Å²) in [7, 11) is 0. The molecule has 2 aliphatic heterocycles. The van der Waals surface area contributed by atoms with E-state index in [0.717, 1.165) is 41.3 Å². The molecule has 6 nitrogen and oxygen atoms in total. The number of benzene rings is 2. The lowest BCUT2D eigenvalue weighted by atomic mass is 10.1. The highest BCUT2D eigenvalue weighted by molar-refractivity contribution is 6.06. The van der Waals surface area contributed by atoms with Gasteiger partial charge in [0.2, 0.25) is 0 Å². The molecule has 0 bridgehead atoms. The molecule has 1 fully saturated rings. The first kappa shape index (κ1) is 18.2. The Labute approximate surface area is 170 Å². The fraction of sp³-hybridized carbons (Fsp3) is 0.391. The summed E-state index contributed by atoms with van der Waals surface area (Å²) >= 11 is 0. The van der Waals surface area contributed by atoms with E-state index in [4.69, 9.17) is 9.72 Å². The molecule has 2 aromatic carbocycles. The van der Waals surface area contributed by atoms with Crippen molar-refractivity contribution in [3.63, 3.8) is 0 Å². The van der Waals surface area contributed by atoms with Crippen LogP contribution in [0.5, 0.6) is 5.75 Å². The van der Waals surface area contributed by atoms with E-state index in [1.165, 1.54) is 32.4 Å². The van der Waals surface area contributed by atoms with Crippen molar-refractivity contribution in [2.45, 2.75) is 25.8 Å². The van der Waals surface area contributed by atoms with Crippen molar-refractivity contribution in [3.8, 4) is 17.1 Å². The van der Waals surface area contributed by atoms with Crippen LogP contribution in [0.15, 0.2) is 42.5 Å². The van der Waals surface area contributed by atoms with E-state index in [1.54, 1.807) is 0 Å². The number of rotatable bonds is 5. The van der Waals surface area contributed by atoms with Crippen LogP contribution in [0.1, 0.15) is 29.6 Å². The largest absolute Gasteiger partial charge is 0.492 e. The lowest BCUT2D eigenvalue weighted by molar-refractivity contribution is 0.0956. The molecule has 1 aromatic heterocycles. The summed E-state index contributed by atoms with van der Waals surface area (Å²) in [5.74, 6) is 1.75.